The molecule has 128 valence electrons. The molecule has 1 aromatic rings. The first-order valence-corrected chi connectivity index (χ1v) is 8.68. The van der Waals surface area contributed by atoms with Crippen molar-refractivity contribution in [3.05, 3.63) is 16.5 Å². The van der Waals surface area contributed by atoms with Gasteiger partial charge in [0.2, 0.25) is 11.1 Å². The minimum atomic E-state index is 0.104. The van der Waals surface area contributed by atoms with Crippen LogP contribution >= 0.6 is 11.6 Å². The second-order valence-electron chi connectivity index (χ2n) is 6.38. The maximum Gasteiger partial charge on any atom is 0.229 e. The van der Waals surface area contributed by atoms with Crippen LogP contribution in [0.25, 0.3) is 0 Å². The van der Waals surface area contributed by atoms with Gasteiger partial charge in [0.1, 0.15) is 0 Å². The fourth-order valence-electron chi connectivity index (χ4n) is 3.60. The Kier molecular flexibility index (Phi) is 5.24. The third kappa shape index (κ3) is 3.54. The Bertz CT molecular complexity index is 537. The summed E-state index contributed by atoms with van der Waals surface area (Å²) in [5.74, 6) is 0.628. The van der Waals surface area contributed by atoms with Crippen molar-refractivity contribution in [3.8, 4) is 0 Å². The third-order valence-electron chi connectivity index (χ3n) is 5.06. The molecule has 2 saturated heterocycles. The number of likely N-dealkylation sites (tertiary alicyclic amines) is 1. The van der Waals surface area contributed by atoms with Gasteiger partial charge in [-0.2, -0.15) is 0 Å². The zero-order valence-corrected chi connectivity index (χ0v) is 14.5. The summed E-state index contributed by atoms with van der Waals surface area (Å²) in [5.41, 5.74) is 1.40. The molecular formula is C16H24ClN3O3. The fraction of sp³-hybridized carbons (Fsp3) is 0.750. The van der Waals surface area contributed by atoms with E-state index in [-0.39, 0.29) is 17.5 Å². The standard InChI is InChI=1S/C16H24ClN3O3/c1-3-12-9-20(10-14(12)19-4-6-22-7-5-19)15(21)8-13-11(2)18-23-16(13)17/h12,14H,3-10H2,1-2H3/t12-,14+/m0/s1. The van der Waals surface area contributed by atoms with E-state index < -0.39 is 0 Å². The summed E-state index contributed by atoms with van der Waals surface area (Å²) in [5, 5.41) is 4.04. The Hall–Kier alpha value is -1.11. The van der Waals surface area contributed by atoms with Crippen molar-refractivity contribution in [1.29, 1.82) is 0 Å². The van der Waals surface area contributed by atoms with E-state index in [1.54, 1.807) is 0 Å². The van der Waals surface area contributed by atoms with E-state index in [2.05, 4.69) is 17.0 Å². The number of carbonyl (C=O) groups is 1. The number of carbonyl (C=O) groups excluding carboxylic acids is 1. The number of aromatic nitrogens is 1. The molecule has 1 aromatic heterocycles. The fourth-order valence-corrected chi connectivity index (χ4v) is 3.84. The van der Waals surface area contributed by atoms with Crippen LogP contribution in [0.5, 0.6) is 0 Å². The largest absolute Gasteiger partial charge is 0.379 e. The first kappa shape index (κ1) is 16.7. The predicted molar refractivity (Wildman–Crippen MR) is 86.5 cm³/mol. The summed E-state index contributed by atoms with van der Waals surface area (Å²) >= 11 is 5.98. The van der Waals surface area contributed by atoms with Gasteiger partial charge in [0, 0.05) is 37.8 Å². The molecule has 0 radical (unpaired) electrons. The van der Waals surface area contributed by atoms with Gasteiger partial charge in [-0.1, -0.05) is 18.5 Å². The number of rotatable bonds is 4. The van der Waals surface area contributed by atoms with Crippen LogP contribution in [-0.4, -0.2) is 66.3 Å². The highest BCUT2D eigenvalue weighted by Gasteiger charge is 2.38. The molecule has 2 fully saturated rings. The van der Waals surface area contributed by atoms with E-state index in [0.29, 0.717) is 23.2 Å². The summed E-state index contributed by atoms with van der Waals surface area (Å²) in [6, 6.07) is 0.437. The lowest BCUT2D eigenvalue weighted by atomic mass is 9.99. The monoisotopic (exact) mass is 341 g/mol. The summed E-state index contributed by atoms with van der Waals surface area (Å²) < 4.78 is 10.4. The Balaban J connectivity index is 1.65. The second-order valence-corrected chi connectivity index (χ2v) is 6.72. The quantitative estimate of drug-likeness (QED) is 0.835. The average Bonchev–Trinajstić information content (AvgIpc) is 3.14. The lowest BCUT2D eigenvalue weighted by molar-refractivity contribution is -0.129. The molecule has 0 aromatic carbocycles. The summed E-state index contributed by atoms with van der Waals surface area (Å²) in [4.78, 5) is 17.1. The van der Waals surface area contributed by atoms with Crippen molar-refractivity contribution in [3.63, 3.8) is 0 Å². The van der Waals surface area contributed by atoms with Gasteiger partial charge in [-0.15, -0.1) is 0 Å². The minimum Gasteiger partial charge on any atom is -0.379 e. The van der Waals surface area contributed by atoms with Gasteiger partial charge in [0.05, 0.1) is 25.3 Å². The van der Waals surface area contributed by atoms with Gasteiger partial charge in [-0.05, 0) is 24.4 Å². The van der Waals surface area contributed by atoms with E-state index >= 15 is 0 Å². The van der Waals surface area contributed by atoms with Crippen molar-refractivity contribution in [2.75, 3.05) is 39.4 Å². The SMILES string of the molecule is CC[C@H]1CN(C(=O)Cc2c(C)noc2Cl)C[C@H]1N1CCOCC1. The molecule has 0 spiro atoms. The zero-order valence-electron chi connectivity index (χ0n) is 13.8. The smallest absolute Gasteiger partial charge is 0.229 e. The highest BCUT2D eigenvalue weighted by atomic mass is 35.5. The average molecular weight is 342 g/mol. The highest BCUT2D eigenvalue weighted by molar-refractivity contribution is 6.29. The van der Waals surface area contributed by atoms with Crippen molar-refractivity contribution in [2.24, 2.45) is 5.92 Å². The molecule has 0 saturated carbocycles. The maximum absolute atomic E-state index is 12.7. The minimum absolute atomic E-state index is 0.104. The van der Waals surface area contributed by atoms with Crippen LogP contribution in [0, 0.1) is 12.8 Å². The summed E-state index contributed by atoms with van der Waals surface area (Å²) in [6.07, 6.45) is 1.35. The molecule has 0 unspecified atom stereocenters. The van der Waals surface area contributed by atoms with Crippen LogP contribution in [0.1, 0.15) is 24.6 Å². The van der Waals surface area contributed by atoms with E-state index in [1.165, 1.54) is 0 Å². The number of morpholine rings is 1. The zero-order chi connectivity index (χ0) is 16.4. The molecule has 3 rings (SSSR count). The van der Waals surface area contributed by atoms with Gasteiger partial charge in [-0.3, -0.25) is 9.69 Å². The number of hydrogen-bond donors (Lipinski definition) is 0. The van der Waals surface area contributed by atoms with Gasteiger partial charge in [0.15, 0.2) is 0 Å². The summed E-state index contributed by atoms with van der Waals surface area (Å²) in [6.45, 7) is 9.12. The van der Waals surface area contributed by atoms with E-state index in [9.17, 15) is 4.79 Å². The first-order valence-electron chi connectivity index (χ1n) is 8.30. The maximum atomic E-state index is 12.7. The second kappa shape index (κ2) is 7.20. The molecule has 23 heavy (non-hydrogen) atoms. The van der Waals surface area contributed by atoms with Crippen LogP contribution < -0.4 is 0 Å². The molecule has 1 amide bonds. The van der Waals surface area contributed by atoms with Gasteiger partial charge < -0.3 is 14.2 Å². The first-order chi connectivity index (χ1) is 11.1. The molecule has 7 heteroatoms. The van der Waals surface area contributed by atoms with Crippen molar-refractivity contribution in [2.45, 2.75) is 32.7 Å². The third-order valence-corrected chi connectivity index (χ3v) is 5.36. The van der Waals surface area contributed by atoms with Crippen LogP contribution in [0.3, 0.4) is 0 Å². The Morgan fingerprint density at radius 1 is 1.35 bits per heavy atom. The topological polar surface area (TPSA) is 58.8 Å². The lowest BCUT2D eigenvalue weighted by Gasteiger charge is -2.34. The van der Waals surface area contributed by atoms with E-state index in [0.717, 1.165) is 45.8 Å². The van der Waals surface area contributed by atoms with Crippen molar-refractivity contribution in [1.82, 2.24) is 15.0 Å². The molecule has 0 aliphatic carbocycles. The number of nitrogens with zero attached hydrogens (tertiary/aromatic N) is 3. The predicted octanol–water partition coefficient (Wildman–Crippen LogP) is 1.75. The Morgan fingerprint density at radius 2 is 2.09 bits per heavy atom. The van der Waals surface area contributed by atoms with E-state index in [1.807, 2.05) is 11.8 Å². The number of amides is 1. The molecule has 3 heterocycles. The number of aryl methyl sites for hydroxylation is 1. The molecule has 0 N–H and O–H groups in total. The molecule has 0 bridgehead atoms. The van der Waals surface area contributed by atoms with Gasteiger partial charge in [-0.25, -0.2) is 0 Å². The van der Waals surface area contributed by atoms with Crippen LogP contribution in [0.15, 0.2) is 4.52 Å². The van der Waals surface area contributed by atoms with Crippen molar-refractivity contribution < 1.29 is 14.1 Å². The molecule has 2 aliphatic rings. The van der Waals surface area contributed by atoms with Gasteiger partial charge >= 0.3 is 0 Å². The molecule has 6 nitrogen and oxygen atoms in total. The van der Waals surface area contributed by atoms with Gasteiger partial charge in [0.25, 0.3) is 0 Å². The Labute approximate surface area is 141 Å². The number of hydrogen-bond acceptors (Lipinski definition) is 5. The number of ether oxygens (including phenoxy) is 1. The van der Waals surface area contributed by atoms with Crippen LogP contribution in [0.4, 0.5) is 0 Å². The van der Waals surface area contributed by atoms with Crippen LogP contribution in [-0.2, 0) is 16.0 Å². The molecular weight excluding hydrogens is 318 g/mol. The lowest BCUT2D eigenvalue weighted by Crippen LogP contribution is -2.47. The highest BCUT2D eigenvalue weighted by Crippen LogP contribution is 2.27. The normalized spacial score (nSPS) is 26.0. The summed E-state index contributed by atoms with van der Waals surface area (Å²) in [7, 11) is 0. The van der Waals surface area contributed by atoms with Crippen molar-refractivity contribution >= 4 is 17.5 Å². The molecule has 2 atom stereocenters. The Morgan fingerprint density at radius 3 is 2.70 bits per heavy atom. The molecule has 2 aliphatic heterocycles. The van der Waals surface area contributed by atoms with E-state index in [4.69, 9.17) is 20.9 Å². The van der Waals surface area contributed by atoms with Crippen LogP contribution in [0.2, 0.25) is 5.22 Å². The number of halogens is 1.